The summed E-state index contributed by atoms with van der Waals surface area (Å²) in [5.41, 5.74) is 4.37. The van der Waals surface area contributed by atoms with Crippen molar-refractivity contribution in [3.63, 3.8) is 0 Å². The molecule has 0 spiro atoms. The van der Waals surface area contributed by atoms with Crippen LogP contribution in [0.5, 0.6) is 5.75 Å². The minimum Gasteiger partial charge on any atom is -0.490 e. The smallest absolute Gasteiger partial charge is 0.303 e. The molecule has 1 atom stereocenters. The molecule has 6 heteroatoms. The summed E-state index contributed by atoms with van der Waals surface area (Å²) < 4.78 is 14.2. The SMILES string of the molecule is CC(=O)O[C@@H](COc1ccc(Br)cc1)Cn1cnc2cc(C)c(C)cc21. The van der Waals surface area contributed by atoms with Crippen molar-refractivity contribution in [1.82, 2.24) is 9.55 Å². The van der Waals surface area contributed by atoms with E-state index < -0.39 is 6.10 Å². The average Bonchev–Trinajstić information content (AvgIpc) is 2.96. The van der Waals surface area contributed by atoms with E-state index in [0.717, 1.165) is 21.3 Å². The second-order valence-corrected chi connectivity index (χ2v) is 7.23. The predicted octanol–water partition coefficient (Wildman–Crippen LogP) is 4.43. The van der Waals surface area contributed by atoms with Gasteiger partial charge in [0.15, 0.2) is 6.10 Å². The second kappa shape index (κ2) is 7.91. The number of carbonyl (C=O) groups excluding carboxylic acids is 1. The van der Waals surface area contributed by atoms with E-state index in [0.29, 0.717) is 6.54 Å². The lowest BCUT2D eigenvalue weighted by Gasteiger charge is -2.19. The van der Waals surface area contributed by atoms with E-state index in [2.05, 4.69) is 46.9 Å². The number of aromatic nitrogens is 2. The van der Waals surface area contributed by atoms with Gasteiger partial charge >= 0.3 is 5.97 Å². The van der Waals surface area contributed by atoms with Gasteiger partial charge in [-0.15, -0.1) is 0 Å². The standard InChI is InChI=1S/C20H21BrN2O3/c1-13-8-19-20(9-14(13)2)23(12-22-19)10-18(26-15(3)24)11-25-17-6-4-16(21)5-7-17/h4-9,12,18H,10-11H2,1-3H3/t18-/m1/s1. The van der Waals surface area contributed by atoms with Gasteiger partial charge in [-0.05, 0) is 61.4 Å². The molecule has 26 heavy (non-hydrogen) atoms. The molecule has 2 aromatic carbocycles. The lowest BCUT2D eigenvalue weighted by molar-refractivity contribution is -0.148. The Morgan fingerprint density at radius 1 is 1.19 bits per heavy atom. The minimum atomic E-state index is -0.407. The third-order valence-electron chi connectivity index (χ3n) is 4.22. The largest absolute Gasteiger partial charge is 0.490 e. The molecule has 0 aliphatic carbocycles. The number of aryl methyl sites for hydroxylation is 2. The number of carbonyl (C=O) groups is 1. The van der Waals surface area contributed by atoms with Crippen LogP contribution in [0.1, 0.15) is 18.1 Å². The van der Waals surface area contributed by atoms with Gasteiger partial charge in [0.25, 0.3) is 0 Å². The van der Waals surface area contributed by atoms with Crippen LogP contribution >= 0.6 is 15.9 Å². The Bertz CT molecular complexity index is 919. The van der Waals surface area contributed by atoms with Crippen molar-refractivity contribution in [2.24, 2.45) is 0 Å². The van der Waals surface area contributed by atoms with Crippen molar-refractivity contribution in [3.05, 3.63) is 58.3 Å². The first-order valence-corrected chi connectivity index (χ1v) is 9.19. The van der Waals surface area contributed by atoms with Crippen LogP contribution in [0.4, 0.5) is 0 Å². The van der Waals surface area contributed by atoms with Gasteiger partial charge in [0.1, 0.15) is 12.4 Å². The van der Waals surface area contributed by atoms with Crippen LogP contribution in [0.3, 0.4) is 0 Å². The molecule has 1 heterocycles. The molecule has 0 N–H and O–H groups in total. The van der Waals surface area contributed by atoms with Crippen molar-refractivity contribution in [1.29, 1.82) is 0 Å². The fourth-order valence-corrected chi connectivity index (χ4v) is 3.02. The molecule has 0 aliphatic heterocycles. The maximum atomic E-state index is 11.5. The summed E-state index contributed by atoms with van der Waals surface area (Å²) in [5, 5.41) is 0. The van der Waals surface area contributed by atoms with Crippen LogP contribution in [0.15, 0.2) is 47.2 Å². The Balaban J connectivity index is 1.76. The second-order valence-electron chi connectivity index (χ2n) is 6.32. The monoisotopic (exact) mass is 416 g/mol. The van der Waals surface area contributed by atoms with Gasteiger partial charge in [-0.1, -0.05) is 15.9 Å². The summed E-state index contributed by atoms with van der Waals surface area (Å²) in [6, 6.07) is 11.7. The minimum absolute atomic E-state index is 0.270. The summed E-state index contributed by atoms with van der Waals surface area (Å²) in [6.07, 6.45) is 1.37. The summed E-state index contributed by atoms with van der Waals surface area (Å²) in [5.74, 6) is 0.401. The van der Waals surface area contributed by atoms with E-state index in [1.54, 1.807) is 6.33 Å². The normalized spacial score (nSPS) is 12.2. The van der Waals surface area contributed by atoms with Crippen LogP contribution in [0.2, 0.25) is 0 Å². The average molecular weight is 417 g/mol. The van der Waals surface area contributed by atoms with Crippen molar-refractivity contribution in [2.75, 3.05) is 6.61 Å². The van der Waals surface area contributed by atoms with Gasteiger partial charge in [0.2, 0.25) is 0 Å². The van der Waals surface area contributed by atoms with Gasteiger partial charge < -0.3 is 14.0 Å². The quantitative estimate of drug-likeness (QED) is 0.557. The first kappa shape index (κ1) is 18.5. The van der Waals surface area contributed by atoms with E-state index in [1.807, 2.05) is 28.8 Å². The van der Waals surface area contributed by atoms with Gasteiger partial charge in [0.05, 0.1) is 23.9 Å². The highest BCUT2D eigenvalue weighted by molar-refractivity contribution is 9.10. The number of nitrogens with zero attached hydrogens (tertiary/aromatic N) is 2. The fraction of sp³-hybridized carbons (Fsp3) is 0.300. The first-order valence-electron chi connectivity index (χ1n) is 8.40. The van der Waals surface area contributed by atoms with Gasteiger partial charge in [-0.2, -0.15) is 0 Å². The molecule has 0 radical (unpaired) electrons. The third-order valence-corrected chi connectivity index (χ3v) is 4.75. The molecule has 0 amide bonds. The zero-order chi connectivity index (χ0) is 18.7. The molecule has 0 saturated carbocycles. The van der Waals surface area contributed by atoms with Crippen molar-refractivity contribution < 1.29 is 14.3 Å². The zero-order valence-electron chi connectivity index (χ0n) is 15.0. The molecule has 0 fully saturated rings. The molecule has 0 bridgehead atoms. The van der Waals surface area contributed by atoms with E-state index in [1.165, 1.54) is 18.1 Å². The topological polar surface area (TPSA) is 53.4 Å². The van der Waals surface area contributed by atoms with Crippen LogP contribution in [-0.4, -0.2) is 28.2 Å². The molecule has 0 aliphatic rings. The molecule has 136 valence electrons. The van der Waals surface area contributed by atoms with Crippen LogP contribution in [-0.2, 0) is 16.1 Å². The number of imidazole rings is 1. The number of hydrogen-bond donors (Lipinski definition) is 0. The number of rotatable bonds is 6. The third kappa shape index (κ3) is 4.43. The highest BCUT2D eigenvalue weighted by Crippen LogP contribution is 2.20. The Labute approximate surface area is 161 Å². The molecule has 0 unspecified atom stereocenters. The Hall–Kier alpha value is -2.34. The number of fused-ring (bicyclic) bond motifs is 1. The van der Waals surface area contributed by atoms with Crippen LogP contribution in [0, 0.1) is 13.8 Å². The Morgan fingerprint density at radius 3 is 2.58 bits per heavy atom. The maximum Gasteiger partial charge on any atom is 0.303 e. The fourth-order valence-electron chi connectivity index (χ4n) is 2.76. The van der Waals surface area contributed by atoms with Crippen molar-refractivity contribution >= 4 is 32.9 Å². The molecular weight excluding hydrogens is 396 g/mol. The number of hydrogen-bond acceptors (Lipinski definition) is 4. The highest BCUT2D eigenvalue weighted by Gasteiger charge is 2.16. The molecule has 3 aromatic rings. The molecular formula is C20H21BrN2O3. The number of halogens is 1. The van der Waals surface area contributed by atoms with Crippen LogP contribution in [0.25, 0.3) is 11.0 Å². The number of esters is 1. The Morgan fingerprint density at radius 2 is 1.88 bits per heavy atom. The Kier molecular flexibility index (Phi) is 5.61. The van der Waals surface area contributed by atoms with Crippen LogP contribution < -0.4 is 4.74 Å². The summed E-state index contributed by atoms with van der Waals surface area (Å²) in [7, 11) is 0. The summed E-state index contributed by atoms with van der Waals surface area (Å²) >= 11 is 3.40. The first-order chi connectivity index (χ1) is 12.4. The molecule has 0 saturated heterocycles. The summed E-state index contributed by atoms with van der Waals surface area (Å²) in [6.45, 7) is 6.31. The van der Waals surface area contributed by atoms with E-state index >= 15 is 0 Å². The van der Waals surface area contributed by atoms with Gasteiger partial charge in [-0.25, -0.2) is 4.98 Å². The number of ether oxygens (including phenoxy) is 2. The van der Waals surface area contributed by atoms with Crippen molar-refractivity contribution in [2.45, 2.75) is 33.4 Å². The van der Waals surface area contributed by atoms with Crippen molar-refractivity contribution in [3.8, 4) is 5.75 Å². The van der Waals surface area contributed by atoms with E-state index in [-0.39, 0.29) is 12.6 Å². The lowest BCUT2D eigenvalue weighted by atomic mass is 10.1. The predicted molar refractivity (Wildman–Crippen MR) is 104 cm³/mol. The molecule has 3 rings (SSSR count). The maximum absolute atomic E-state index is 11.5. The highest BCUT2D eigenvalue weighted by atomic mass is 79.9. The number of benzene rings is 2. The molecule has 1 aromatic heterocycles. The van der Waals surface area contributed by atoms with Gasteiger partial charge in [0, 0.05) is 11.4 Å². The molecule has 5 nitrogen and oxygen atoms in total. The van der Waals surface area contributed by atoms with E-state index in [4.69, 9.17) is 9.47 Å². The lowest BCUT2D eigenvalue weighted by Crippen LogP contribution is -2.28. The summed E-state index contributed by atoms with van der Waals surface area (Å²) in [4.78, 5) is 15.9. The van der Waals surface area contributed by atoms with E-state index in [9.17, 15) is 4.79 Å². The zero-order valence-corrected chi connectivity index (χ0v) is 16.6. The van der Waals surface area contributed by atoms with Gasteiger partial charge in [-0.3, -0.25) is 4.79 Å².